The minimum Gasteiger partial charge on any atom is -0.493 e. The SMILES string of the molecule is COc1ccc2c(c1OC)C(=O)O[C@H]2NNCc1ccccc1. The van der Waals surface area contributed by atoms with Gasteiger partial charge in [0, 0.05) is 12.1 Å². The second kappa shape index (κ2) is 6.68. The van der Waals surface area contributed by atoms with Crippen molar-refractivity contribution in [3.63, 3.8) is 0 Å². The number of hydrogen-bond donors (Lipinski definition) is 2. The highest BCUT2D eigenvalue weighted by Gasteiger charge is 2.35. The average molecular weight is 314 g/mol. The second-order valence-electron chi connectivity index (χ2n) is 5.03. The fourth-order valence-corrected chi connectivity index (χ4v) is 2.55. The van der Waals surface area contributed by atoms with E-state index in [2.05, 4.69) is 10.9 Å². The van der Waals surface area contributed by atoms with E-state index in [1.807, 2.05) is 30.3 Å². The van der Waals surface area contributed by atoms with Crippen LogP contribution in [0.3, 0.4) is 0 Å². The Balaban J connectivity index is 1.74. The van der Waals surface area contributed by atoms with E-state index < -0.39 is 12.2 Å². The quantitative estimate of drug-likeness (QED) is 0.629. The summed E-state index contributed by atoms with van der Waals surface area (Å²) in [5.41, 5.74) is 8.32. The van der Waals surface area contributed by atoms with Crippen molar-refractivity contribution in [1.82, 2.24) is 10.9 Å². The summed E-state index contributed by atoms with van der Waals surface area (Å²) in [4.78, 5) is 12.1. The highest BCUT2D eigenvalue weighted by Crippen LogP contribution is 2.40. The van der Waals surface area contributed by atoms with Crippen LogP contribution in [-0.4, -0.2) is 20.2 Å². The molecule has 120 valence electrons. The van der Waals surface area contributed by atoms with Crippen molar-refractivity contribution >= 4 is 5.97 Å². The van der Waals surface area contributed by atoms with Crippen molar-refractivity contribution in [2.24, 2.45) is 0 Å². The van der Waals surface area contributed by atoms with Crippen LogP contribution < -0.4 is 20.3 Å². The lowest BCUT2D eigenvalue weighted by atomic mass is 10.1. The molecule has 23 heavy (non-hydrogen) atoms. The first kappa shape index (κ1) is 15.3. The van der Waals surface area contributed by atoms with Crippen LogP contribution in [0.1, 0.15) is 27.7 Å². The largest absolute Gasteiger partial charge is 0.493 e. The molecule has 6 nitrogen and oxygen atoms in total. The molecule has 1 aliphatic rings. The Kier molecular flexibility index (Phi) is 4.45. The summed E-state index contributed by atoms with van der Waals surface area (Å²) in [5.74, 6) is 0.457. The van der Waals surface area contributed by atoms with Gasteiger partial charge in [0.15, 0.2) is 17.7 Å². The predicted octanol–water partition coefficient (Wildman–Crippen LogP) is 2.17. The number of hydrogen-bond acceptors (Lipinski definition) is 6. The maximum absolute atomic E-state index is 12.1. The standard InChI is InChI=1S/C17H18N2O4/c1-21-13-9-8-12-14(15(13)22-2)17(20)23-16(12)19-18-10-11-6-4-3-5-7-11/h3-9,16,18-19H,10H2,1-2H3/t16-/m1/s1. The van der Waals surface area contributed by atoms with Gasteiger partial charge in [0.1, 0.15) is 5.56 Å². The van der Waals surface area contributed by atoms with Crippen molar-refractivity contribution in [3.8, 4) is 11.5 Å². The smallest absolute Gasteiger partial charge is 0.344 e. The molecule has 0 aromatic heterocycles. The Morgan fingerprint density at radius 1 is 1.09 bits per heavy atom. The number of methoxy groups -OCH3 is 2. The second-order valence-corrected chi connectivity index (χ2v) is 5.03. The number of rotatable bonds is 6. The summed E-state index contributed by atoms with van der Waals surface area (Å²) >= 11 is 0. The van der Waals surface area contributed by atoms with Crippen LogP contribution in [-0.2, 0) is 11.3 Å². The molecule has 0 saturated carbocycles. The molecule has 0 aliphatic carbocycles. The first-order valence-corrected chi connectivity index (χ1v) is 7.22. The van der Waals surface area contributed by atoms with E-state index in [1.165, 1.54) is 14.2 Å². The lowest BCUT2D eigenvalue weighted by Gasteiger charge is -2.14. The van der Waals surface area contributed by atoms with Gasteiger partial charge in [-0.2, -0.15) is 0 Å². The Labute approximate surface area is 134 Å². The predicted molar refractivity (Wildman–Crippen MR) is 84.1 cm³/mol. The van der Waals surface area contributed by atoms with Gasteiger partial charge in [-0.25, -0.2) is 10.2 Å². The number of nitrogens with one attached hydrogen (secondary N) is 2. The van der Waals surface area contributed by atoms with E-state index in [9.17, 15) is 4.79 Å². The highest BCUT2D eigenvalue weighted by atomic mass is 16.6. The maximum Gasteiger partial charge on any atom is 0.344 e. The summed E-state index contributed by atoms with van der Waals surface area (Å²) < 4.78 is 15.9. The number of carbonyl (C=O) groups excluding carboxylic acids is 1. The molecule has 1 heterocycles. The van der Waals surface area contributed by atoms with E-state index in [4.69, 9.17) is 14.2 Å². The molecule has 0 unspecified atom stereocenters. The summed E-state index contributed by atoms with van der Waals surface area (Å²) in [6.45, 7) is 0.609. The van der Waals surface area contributed by atoms with Crippen molar-refractivity contribution in [2.45, 2.75) is 12.8 Å². The Bertz CT molecular complexity index is 703. The van der Waals surface area contributed by atoms with Crippen LogP contribution >= 0.6 is 0 Å². The molecular weight excluding hydrogens is 296 g/mol. The Morgan fingerprint density at radius 3 is 2.57 bits per heavy atom. The van der Waals surface area contributed by atoms with E-state index in [0.29, 0.717) is 29.2 Å². The van der Waals surface area contributed by atoms with Crippen LogP contribution in [0.2, 0.25) is 0 Å². The van der Waals surface area contributed by atoms with Gasteiger partial charge in [0.2, 0.25) is 0 Å². The van der Waals surface area contributed by atoms with Crippen molar-refractivity contribution in [1.29, 1.82) is 0 Å². The zero-order valence-corrected chi connectivity index (χ0v) is 13.0. The average Bonchev–Trinajstić information content (AvgIpc) is 2.91. The lowest BCUT2D eigenvalue weighted by Crippen LogP contribution is -2.35. The van der Waals surface area contributed by atoms with E-state index in [1.54, 1.807) is 12.1 Å². The van der Waals surface area contributed by atoms with Crippen LogP contribution in [0, 0.1) is 0 Å². The van der Waals surface area contributed by atoms with Crippen LogP contribution in [0.4, 0.5) is 0 Å². The van der Waals surface area contributed by atoms with E-state index in [-0.39, 0.29) is 0 Å². The lowest BCUT2D eigenvalue weighted by molar-refractivity contribution is 0.0264. The first-order valence-electron chi connectivity index (χ1n) is 7.22. The minimum absolute atomic E-state index is 0.391. The van der Waals surface area contributed by atoms with Crippen molar-refractivity contribution in [3.05, 3.63) is 59.2 Å². The number of benzene rings is 2. The van der Waals surface area contributed by atoms with Crippen molar-refractivity contribution < 1.29 is 19.0 Å². The monoisotopic (exact) mass is 314 g/mol. The van der Waals surface area contributed by atoms with Crippen LogP contribution in [0.15, 0.2) is 42.5 Å². The molecule has 6 heteroatoms. The first-order chi connectivity index (χ1) is 11.2. The molecule has 0 radical (unpaired) electrons. The van der Waals surface area contributed by atoms with E-state index >= 15 is 0 Å². The summed E-state index contributed by atoms with van der Waals surface area (Å²) in [5, 5.41) is 0. The fraction of sp³-hybridized carbons (Fsp3) is 0.235. The molecule has 0 fully saturated rings. The summed E-state index contributed by atoms with van der Waals surface area (Å²) in [6, 6.07) is 13.5. The van der Waals surface area contributed by atoms with Gasteiger partial charge in [-0.1, -0.05) is 30.3 Å². The number of esters is 1. The van der Waals surface area contributed by atoms with Gasteiger partial charge in [-0.3, -0.25) is 5.43 Å². The molecule has 2 aromatic rings. The number of cyclic esters (lactones) is 1. The Morgan fingerprint density at radius 2 is 1.87 bits per heavy atom. The third-order valence-corrected chi connectivity index (χ3v) is 3.66. The van der Waals surface area contributed by atoms with Crippen molar-refractivity contribution in [2.75, 3.05) is 14.2 Å². The molecule has 0 saturated heterocycles. The maximum atomic E-state index is 12.1. The third kappa shape index (κ3) is 2.99. The number of hydrazine groups is 1. The summed E-state index contributed by atoms with van der Waals surface area (Å²) in [6.07, 6.45) is -0.569. The fourth-order valence-electron chi connectivity index (χ4n) is 2.55. The molecule has 2 N–H and O–H groups in total. The molecular formula is C17H18N2O4. The minimum atomic E-state index is -0.569. The van der Waals surface area contributed by atoms with Gasteiger partial charge in [0.25, 0.3) is 0 Å². The molecule has 0 bridgehead atoms. The molecule has 0 spiro atoms. The van der Waals surface area contributed by atoms with Gasteiger partial charge >= 0.3 is 5.97 Å². The van der Waals surface area contributed by atoms with Gasteiger partial charge in [-0.05, 0) is 17.7 Å². The van der Waals surface area contributed by atoms with Crippen LogP contribution in [0.25, 0.3) is 0 Å². The van der Waals surface area contributed by atoms with Gasteiger partial charge in [-0.15, -0.1) is 0 Å². The normalized spacial score (nSPS) is 15.9. The zero-order chi connectivity index (χ0) is 16.2. The number of ether oxygens (including phenoxy) is 3. The Hall–Kier alpha value is -2.57. The van der Waals surface area contributed by atoms with Gasteiger partial charge < -0.3 is 14.2 Å². The molecule has 0 amide bonds. The topological polar surface area (TPSA) is 68.8 Å². The summed E-state index contributed by atoms with van der Waals surface area (Å²) in [7, 11) is 3.03. The third-order valence-electron chi connectivity index (χ3n) is 3.66. The molecule has 1 aliphatic heterocycles. The zero-order valence-electron chi connectivity index (χ0n) is 13.0. The van der Waals surface area contributed by atoms with Gasteiger partial charge in [0.05, 0.1) is 14.2 Å². The highest BCUT2D eigenvalue weighted by molar-refractivity contribution is 5.98. The number of fused-ring (bicyclic) bond motifs is 1. The molecule has 1 atom stereocenters. The number of carbonyl (C=O) groups is 1. The van der Waals surface area contributed by atoms with Crippen LogP contribution in [0.5, 0.6) is 11.5 Å². The molecule has 3 rings (SSSR count). The van der Waals surface area contributed by atoms with E-state index in [0.717, 1.165) is 5.56 Å². The molecule has 2 aromatic carbocycles.